The fourth-order valence-corrected chi connectivity index (χ4v) is 4.11. The van der Waals surface area contributed by atoms with E-state index in [-0.39, 0.29) is 10.5 Å². The number of hydrogen-bond acceptors (Lipinski definition) is 4. The summed E-state index contributed by atoms with van der Waals surface area (Å²) in [6, 6.07) is 6.95. The summed E-state index contributed by atoms with van der Waals surface area (Å²) < 4.78 is 26.2. The van der Waals surface area contributed by atoms with E-state index < -0.39 is 27.9 Å². The van der Waals surface area contributed by atoms with Gasteiger partial charge >= 0.3 is 5.97 Å². The lowest BCUT2D eigenvalue weighted by molar-refractivity contribution is -0.141. The van der Waals surface area contributed by atoms with E-state index in [0.29, 0.717) is 19.4 Å². The number of nitrogens with zero attached hydrogens (tertiary/aromatic N) is 2. The molecule has 0 radical (unpaired) electrons. The van der Waals surface area contributed by atoms with Crippen LogP contribution in [0.2, 0.25) is 0 Å². The summed E-state index contributed by atoms with van der Waals surface area (Å²) in [4.78, 5) is 25.2. The number of aliphatic carboxylic acids is 1. The number of carbonyl (C=O) groups is 2. The van der Waals surface area contributed by atoms with Crippen molar-refractivity contribution in [1.29, 1.82) is 0 Å². The summed E-state index contributed by atoms with van der Waals surface area (Å²) in [6.07, 6.45) is 3.55. The summed E-state index contributed by atoms with van der Waals surface area (Å²) in [6.45, 7) is 2.21. The van der Waals surface area contributed by atoms with Gasteiger partial charge in [-0.1, -0.05) is 17.7 Å². The molecule has 0 bridgehead atoms. The number of likely N-dealkylation sites (tertiary alicyclic amines) is 1. The molecule has 1 atom stereocenters. The minimum atomic E-state index is -3.79. The summed E-state index contributed by atoms with van der Waals surface area (Å²) in [5.41, 5.74) is 1.10. The smallest absolute Gasteiger partial charge is 0.326 e. The number of carbonyl (C=O) groups excluding carboxylic acids is 1. The second-order valence-corrected chi connectivity index (χ2v) is 7.89. The van der Waals surface area contributed by atoms with Crippen molar-refractivity contribution in [3.8, 4) is 0 Å². The fourth-order valence-electron chi connectivity index (χ4n) is 2.92. The molecule has 7 nitrogen and oxygen atoms in total. The molecule has 1 aromatic heterocycles. The molecule has 2 heterocycles. The molecule has 2 aromatic rings. The SMILES string of the molecule is Cc1ccc(S(=O)(=O)n2ccc(C(=O)N3CCC[C@@H]3C(=O)O)c2)cc1. The quantitative estimate of drug-likeness (QED) is 0.893. The number of carboxylic acids is 1. The van der Waals surface area contributed by atoms with Crippen molar-refractivity contribution < 1.29 is 23.1 Å². The highest BCUT2D eigenvalue weighted by Gasteiger charge is 2.35. The topological polar surface area (TPSA) is 96.7 Å². The Morgan fingerprint density at radius 3 is 2.48 bits per heavy atom. The second-order valence-electron chi connectivity index (χ2n) is 6.04. The van der Waals surface area contributed by atoms with E-state index in [1.807, 2.05) is 6.92 Å². The van der Waals surface area contributed by atoms with Crippen LogP contribution in [-0.4, -0.2) is 46.9 Å². The highest BCUT2D eigenvalue weighted by molar-refractivity contribution is 7.90. The minimum absolute atomic E-state index is 0.122. The van der Waals surface area contributed by atoms with Gasteiger partial charge in [0.1, 0.15) is 6.04 Å². The maximum Gasteiger partial charge on any atom is 0.326 e. The first-order valence-electron chi connectivity index (χ1n) is 7.85. The van der Waals surface area contributed by atoms with Gasteiger partial charge in [0.2, 0.25) is 0 Å². The van der Waals surface area contributed by atoms with Gasteiger partial charge in [-0.25, -0.2) is 17.2 Å². The molecule has 3 rings (SSSR count). The lowest BCUT2D eigenvalue weighted by atomic mass is 10.2. The van der Waals surface area contributed by atoms with Crippen LogP contribution in [0.15, 0.2) is 47.6 Å². The van der Waals surface area contributed by atoms with E-state index in [4.69, 9.17) is 0 Å². The van der Waals surface area contributed by atoms with Crippen LogP contribution < -0.4 is 0 Å². The van der Waals surface area contributed by atoms with Crippen molar-refractivity contribution in [3.63, 3.8) is 0 Å². The lowest BCUT2D eigenvalue weighted by Gasteiger charge is -2.20. The molecule has 1 fully saturated rings. The fraction of sp³-hybridized carbons (Fsp3) is 0.294. The Morgan fingerprint density at radius 1 is 1.16 bits per heavy atom. The van der Waals surface area contributed by atoms with Gasteiger partial charge in [0, 0.05) is 18.9 Å². The van der Waals surface area contributed by atoms with Crippen molar-refractivity contribution in [3.05, 3.63) is 53.9 Å². The first kappa shape index (κ1) is 17.2. The Hall–Kier alpha value is -2.61. The zero-order chi connectivity index (χ0) is 18.2. The van der Waals surface area contributed by atoms with Gasteiger partial charge in [0.05, 0.1) is 10.5 Å². The van der Waals surface area contributed by atoms with E-state index >= 15 is 0 Å². The molecule has 0 unspecified atom stereocenters. The lowest BCUT2D eigenvalue weighted by Crippen LogP contribution is -2.40. The molecular formula is C17H18N2O5S. The molecule has 1 amide bonds. The van der Waals surface area contributed by atoms with Crippen LogP contribution in [0.25, 0.3) is 0 Å². The molecule has 0 aliphatic carbocycles. The highest BCUT2D eigenvalue weighted by atomic mass is 32.2. The van der Waals surface area contributed by atoms with Gasteiger partial charge in [-0.05, 0) is 38.0 Å². The van der Waals surface area contributed by atoms with Crippen LogP contribution >= 0.6 is 0 Å². The normalized spacial score (nSPS) is 17.6. The third kappa shape index (κ3) is 3.17. The molecule has 1 aliphatic rings. The van der Waals surface area contributed by atoms with Gasteiger partial charge in [0.15, 0.2) is 0 Å². The van der Waals surface area contributed by atoms with Gasteiger partial charge in [-0.3, -0.25) is 4.79 Å². The highest BCUT2D eigenvalue weighted by Crippen LogP contribution is 2.22. The molecule has 25 heavy (non-hydrogen) atoms. The first-order chi connectivity index (χ1) is 11.8. The third-order valence-corrected chi connectivity index (χ3v) is 5.96. The largest absolute Gasteiger partial charge is 0.480 e. The molecule has 0 saturated carbocycles. The van der Waals surface area contributed by atoms with Crippen molar-refractivity contribution in [2.24, 2.45) is 0 Å². The van der Waals surface area contributed by atoms with Gasteiger partial charge in [-0.15, -0.1) is 0 Å². The molecule has 0 spiro atoms. The average molecular weight is 362 g/mol. The summed E-state index contributed by atoms with van der Waals surface area (Å²) in [7, 11) is -3.79. The van der Waals surface area contributed by atoms with Crippen LogP contribution in [0.4, 0.5) is 0 Å². The summed E-state index contributed by atoms with van der Waals surface area (Å²) in [5.74, 6) is -1.51. The van der Waals surface area contributed by atoms with E-state index in [1.165, 1.54) is 35.5 Å². The molecule has 1 saturated heterocycles. The van der Waals surface area contributed by atoms with Crippen LogP contribution in [0, 0.1) is 6.92 Å². The Bertz CT molecular complexity index is 915. The first-order valence-corrected chi connectivity index (χ1v) is 9.29. The van der Waals surface area contributed by atoms with Crippen molar-refractivity contribution >= 4 is 21.9 Å². The Kier molecular flexibility index (Phi) is 4.38. The number of aryl methyl sites for hydroxylation is 1. The van der Waals surface area contributed by atoms with Crippen LogP contribution in [0.1, 0.15) is 28.8 Å². The van der Waals surface area contributed by atoms with Crippen LogP contribution in [-0.2, 0) is 14.8 Å². The molecule has 8 heteroatoms. The predicted molar refractivity (Wildman–Crippen MR) is 89.9 cm³/mol. The third-order valence-electron chi connectivity index (χ3n) is 4.31. The number of aromatic nitrogens is 1. The molecular weight excluding hydrogens is 344 g/mol. The van der Waals surface area contributed by atoms with Crippen molar-refractivity contribution in [2.45, 2.75) is 30.7 Å². The van der Waals surface area contributed by atoms with Gasteiger partial charge in [-0.2, -0.15) is 0 Å². The van der Waals surface area contributed by atoms with Crippen molar-refractivity contribution in [1.82, 2.24) is 8.87 Å². The van der Waals surface area contributed by atoms with E-state index in [9.17, 15) is 23.1 Å². The van der Waals surface area contributed by atoms with Gasteiger partial charge in [0.25, 0.3) is 15.9 Å². The maximum absolute atomic E-state index is 12.6. The number of rotatable bonds is 4. The monoisotopic (exact) mass is 362 g/mol. The van der Waals surface area contributed by atoms with Crippen LogP contribution in [0.3, 0.4) is 0 Å². The van der Waals surface area contributed by atoms with Gasteiger partial charge < -0.3 is 10.0 Å². The summed E-state index contributed by atoms with van der Waals surface area (Å²) >= 11 is 0. The average Bonchev–Trinajstić information content (AvgIpc) is 3.24. The number of benzene rings is 1. The number of carboxylic acid groups (broad SMARTS) is 1. The molecule has 132 valence electrons. The molecule has 1 aliphatic heterocycles. The van der Waals surface area contributed by atoms with E-state index in [2.05, 4.69) is 0 Å². The summed E-state index contributed by atoms with van der Waals surface area (Å²) in [5, 5.41) is 9.19. The van der Waals surface area contributed by atoms with E-state index in [1.54, 1.807) is 12.1 Å². The zero-order valence-electron chi connectivity index (χ0n) is 13.6. The van der Waals surface area contributed by atoms with Crippen molar-refractivity contribution in [2.75, 3.05) is 6.54 Å². The van der Waals surface area contributed by atoms with E-state index in [0.717, 1.165) is 9.54 Å². The Balaban J connectivity index is 1.88. The standard InChI is InChI=1S/C17H18N2O5S/c1-12-4-6-14(7-5-12)25(23,24)18-10-8-13(11-18)16(20)19-9-2-3-15(19)17(21)22/h4-8,10-11,15H,2-3,9H2,1H3,(H,21,22)/t15-/m1/s1. The second kappa shape index (κ2) is 6.36. The zero-order valence-corrected chi connectivity index (χ0v) is 14.4. The number of hydrogen-bond donors (Lipinski definition) is 1. The Morgan fingerprint density at radius 2 is 1.84 bits per heavy atom. The molecule has 1 aromatic carbocycles. The van der Waals surface area contributed by atoms with Crippen LogP contribution in [0.5, 0.6) is 0 Å². The predicted octanol–water partition coefficient (Wildman–Crippen LogP) is 1.72. The number of amides is 1. The minimum Gasteiger partial charge on any atom is -0.480 e. The maximum atomic E-state index is 12.6. The Labute approximate surface area is 145 Å². The molecule has 1 N–H and O–H groups in total.